The van der Waals surface area contributed by atoms with Crippen LogP contribution in [0.3, 0.4) is 0 Å². The number of ether oxygens (including phenoxy) is 3. The lowest BCUT2D eigenvalue weighted by Crippen LogP contribution is -2.53. The smallest absolute Gasteiger partial charge is 0.323 e. The second-order valence-electron chi connectivity index (χ2n) is 5.37. The Bertz CT molecular complexity index is 289. The van der Waals surface area contributed by atoms with E-state index in [1.54, 1.807) is 6.92 Å². The molecular weight excluding hydrogens is 288 g/mol. The minimum Gasteiger partial charge on any atom is -0.453 e. The molecular formula is C12H21BrO4. The minimum absolute atomic E-state index is 0.283. The Morgan fingerprint density at radius 3 is 2.24 bits per heavy atom. The van der Waals surface area contributed by atoms with Crippen molar-refractivity contribution in [3.63, 3.8) is 0 Å². The second-order valence-corrected chi connectivity index (χ2v) is 7.12. The third-order valence-corrected chi connectivity index (χ3v) is 3.76. The van der Waals surface area contributed by atoms with Gasteiger partial charge in [0.1, 0.15) is 4.32 Å². The van der Waals surface area contributed by atoms with Crippen LogP contribution in [0.15, 0.2) is 0 Å². The molecule has 1 fully saturated rings. The normalized spacial score (nSPS) is 26.0. The van der Waals surface area contributed by atoms with E-state index in [0.29, 0.717) is 19.6 Å². The van der Waals surface area contributed by atoms with Crippen molar-refractivity contribution in [2.75, 3.05) is 13.2 Å². The Kier molecular flexibility index (Phi) is 4.27. The zero-order valence-corrected chi connectivity index (χ0v) is 12.7. The van der Waals surface area contributed by atoms with Gasteiger partial charge in [0.2, 0.25) is 0 Å². The van der Waals surface area contributed by atoms with Gasteiger partial charge >= 0.3 is 5.97 Å². The highest BCUT2D eigenvalue weighted by atomic mass is 79.9. The van der Waals surface area contributed by atoms with Gasteiger partial charge in [-0.2, -0.15) is 0 Å². The van der Waals surface area contributed by atoms with E-state index in [-0.39, 0.29) is 5.97 Å². The third-order valence-electron chi connectivity index (χ3n) is 2.88. The summed E-state index contributed by atoms with van der Waals surface area (Å²) in [6.45, 7) is 9.92. The average molecular weight is 309 g/mol. The lowest BCUT2D eigenvalue weighted by molar-refractivity contribution is -0.300. The van der Waals surface area contributed by atoms with Crippen LogP contribution < -0.4 is 0 Å². The Balaban J connectivity index is 2.60. The third kappa shape index (κ3) is 3.93. The number of hydrogen-bond donors (Lipinski definition) is 0. The summed E-state index contributed by atoms with van der Waals surface area (Å²) in [5.74, 6) is -0.886. The maximum Gasteiger partial charge on any atom is 0.323 e. The molecule has 4 nitrogen and oxygen atoms in total. The monoisotopic (exact) mass is 308 g/mol. The summed E-state index contributed by atoms with van der Waals surface area (Å²) in [5, 5.41) is 0. The van der Waals surface area contributed by atoms with Crippen molar-refractivity contribution in [1.29, 1.82) is 0 Å². The van der Waals surface area contributed by atoms with Crippen LogP contribution >= 0.6 is 15.9 Å². The fraction of sp³-hybridized carbons (Fsp3) is 0.917. The van der Waals surface area contributed by atoms with Gasteiger partial charge in [0.05, 0.1) is 13.2 Å². The van der Waals surface area contributed by atoms with Gasteiger partial charge < -0.3 is 14.2 Å². The zero-order valence-electron chi connectivity index (χ0n) is 11.1. The molecule has 1 aliphatic rings. The molecule has 1 rings (SSSR count). The van der Waals surface area contributed by atoms with Crippen LogP contribution in [-0.2, 0) is 19.0 Å². The van der Waals surface area contributed by atoms with Crippen molar-refractivity contribution in [1.82, 2.24) is 0 Å². The van der Waals surface area contributed by atoms with Crippen LogP contribution in [0.1, 0.15) is 41.0 Å². The van der Waals surface area contributed by atoms with E-state index in [9.17, 15) is 4.79 Å². The van der Waals surface area contributed by atoms with Crippen molar-refractivity contribution >= 4 is 21.9 Å². The van der Waals surface area contributed by atoms with Crippen LogP contribution in [0.25, 0.3) is 0 Å². The highest BCUT2D eigenvalue weighted by molar-refractivity contribution is 9.10. The highest BCUT2D eigenvalue weighted by Gasteiger charge is 2.42. The van der Waals surface area contributed by atoms with Crippen molar-refractivity contribution in [2.45, 2.75) is 56.8 Å². The summed E-state index contributed by atoms with van der Waals surface area (Å²) in [6.07, 6.45) is 0.662. The number of halogens is 1. The van der Waals surface area contributed by atoms with Gasteiger partial charge in [0.15, 0.2) is 11.4 Å². The zero-order chi connectivity index (χ0) is 13.3. The molecule has 5 heteroatoms. The molecule has 1 atom stereocenters. The SMILES string of the molecule is CCC(C)(Br)C(=O)OC1(C)COC(C)(C)OC1. The Morgan fingerprint density at radius 1 is 1.35 bits per heavy atom. The molecule has 0 radical (unpaired) electrons. The van der Waals surface area contributed by atoms with Gasteiger partial charge in [-0.1, -0.05) is 22.9 Å². The maximum absolute atomic E-state index is 12.0. The Hall–Kier alpha value is -0.130. The first-order valence-corrected chi connectivity index (χ1v) is 6.60. The topological polar surface area (TPSA) is 44.8 Å². The van der Waals surface area contributed by atoms with Crippen molar-refractivity contribution in [3.8, 4) is 0 Å². The Morgan fingerprint density at radius 2 is 1.82 bits per heavy atom. The molecule has 17 heavy (non-hydrogen) atoms. The van der Waals surface area contributed by atoms with E-state index >= 15 is 0 Å². The number of alkyl halides is 1. The first-order chi connectivity index (χ1) is 7.60. The van der Waals surface area contributed by atoms with E-state index in [4.69, 9.17) is 14.2 Å². The minimum atomic E-state index is -0.712. The second kappa shape index (κ2) is 4.86. The molecule has 0 N–H and O–H groups in total. The molecule has 100 valence electrons. The molecule has 0 aromatic rings. The number of carbonyl (C=O) groups excluding carboxylic acids is 1. The largest absolute Gasteiger partial charge is 0.453 e. The highest BCUT2D eigenvalue weighted by Crippen LogP contribution is 2.30. The summed E-state index contributed by atoms with van der Waals surface area (Å²) in [7, 11) is 0. The predicted octanol–water partition coefficient (Wildman–Crippen LogP) is 2.63. The summed E-state index contributed by atoms with van der Waals surface area (Å²) in [4.78, 5) is 12.0. The first kappa shape index (κ1) is 14.9. The molecule has 0 aliphatic carbocycles. The van der Waals surface area contributed by atoms with E-state index in [1.165, 1.54) is 0 Å². The van der Waals surface area contributed by atoms with Gasteiger partial charge in [-0.3, -0.25) is 4.79 Å². The van der Waals surface area contributed by atoms with Crippen LogP contribution in [-0.4, -0.2) is 34.9 Å². The van der Waals surface area contributed by atoms with Crippen LogP contribution in [0.5, 0.6) is 0 Å². The first-order valence-electron chi connectivity index (χ1n) is 5.80. The molecule has 0 amide bonds. The molecule has 1 saturated heterocycles. The van der Waals surface area contributed by atoms with E-state index < -0.39 is 15.7 Å². The van der Waals surface area contributed by atoms with Gasteiger partial charge in [-0.25, -0.2) is 0 Å². The molecule has 0 spiro atoms. The number of hydrogen-bond acceptors (Lipinski definition) is 4. The maximum atomic E-state index is 12.0. The van der Waals surface area contributed by atoms with Crippen LogP contribution in [0.2, 0.25) is 0 Å². The van der Waals surface area contributed by atoms with Gasteiger partial charge in [0, 0.05) is 0 Å². The fourth-order valence-corrected chi connectivity index (χ4v) is 1.35. The van der Waals surface area contributed by atoms with E-state index in [2.05, 4.69) is 15.9 Å². The van der Waals surface area contributed by atoms with Gasteiger partial charge in [-0.15, -0.1) is 0 Å². The van der Waals surface area contributed by atoms with Crippen molar-refractivity contribution < 1.29 is 19.0 Å². The quantitative estimate of drug-likeness (QED) is 0.594. The average Bonchev–Trinajstić information content (AvgIpc) is 2.23. The fourth-order valence-electron chi connectivity index (χ4n) is 1.27. The van der Waals surface area contributed by atoms with Gasteiger partial charge in [-0.05, 0) is 34.1 Å². The number of carbonyl (C=O) groups is 1. The van der Waals surface area contributed by atoms with Crippen molar-refractivity contribution in [2.24, 2.45) is 0 Å². The lowest BCUT2D eigenvalue weighted by atomic mass is 10.1. The molecule has 1 unspecified atom stereocenters. The van der Waals surface area contributed by atoms with Crippen LogP contribution in [0, 0.1) is 0 Å². The molecule has 0 aromatic carbocycles. The van der Waals surface area contributed by atoms with Crippen molar-refractivity contribution in [3.05, 3.63) is 0 Å². The van der Waals surface area contributed by atoms with E-state index in [0.717, 1.165) is 0 Å². The van der Waals surface area contributed by atoms with Gasteiger partial charge in [0.25, 0.3) is 0 Å². The summed E-state index contributed by atoms with van der Waals surface area (Å²) in [5.41, 5.74) is -0.712. The molecule has 1 heterocycles. The number of esters is 1. The molecule has 1 aliphatic heterocycles. The summed E-state index contributed by atoms with van der Waals surface area (Å²) >= 11 is 3.36. The molecule has 0 bridgehead atoms. The Labute approximate surface area is 111 Å². The summed E-state index contributed by atoms with van der Waals surface area (Å²) < 4.78 is 15.9. The molecule has 0 saturated carbocycles. The standard InChI is InChI=1S/C12H21BrO4/c1-6-12(5,13)9(14)17-11(4)7-15-10(2,3)16-8-11/h6-8H2,1-5H3. The summed E-state index contributed by atoms with van der Waals surface area (Å²) in [6, 6.07) is 0. The van der Waals surface area contributed by atoms with Crippen LogP contribution in [0.4, 0.5) is 0 Å². The van der Waals surface area contributed by atoms with E-state index in [1.807, 2.05) is 27.7 Å². The molecule has 0 aromatic heterocycles. The number of rotatable bonds is 3. The predicted molar refractivity (Wildman–Crippen MR) is 68.1 cm³/mol. The lowest BCUT2D eigenvalue weighted by Gasteiger charge is -2.41.